The number of aromatic hydroxyl groups is 1. The van der Waals surface area contributed by atoms with Crippen LogP contribution in [-0.4, -0.2) is 50.2 Å². The summed E-state index contributed by atoms with van der Waals surface area (Å²) in [5.41, 5.74) is -0.108. The number of hydrogen-bond acceptors (Lipinski definition) is 4. The zero-order valence-electron chi connectivity index (χ0n) is 18.1. The summed E-state index contributed by atoms with van der Waals surface area (Å²) in [7, 11) is 0. The second-order valence-electron chi connectivity index (χ2n) is 7.60. The maximum absolute atomic E-state index is 12.9. The van der Waals surface area contributed by atoms with Crippen LogP contribution in [0.25, 0.3) is 0 Å². The molecule has 0 saturated heterocycles. The van der Waals surface area contributed by atoms with Gasteiger partial charge in [-0.15, -0.1) is 0 Å². The lowest BCUT2D eigenvalue weighted by Crippen LogP contribution is -2.37. The number of hydrogen-bond donors (Lipinski definition) is 1. The van der Waals surface area contributed by atoms with E-state index in [1.54, 1.807) is 10.8 Å². The van der Waals surface area contributed by atoms with Crippen LogP contribution in [0.2, 0.25) is 0 Å². The highest BCUT2D eigenvalue weighted by Gasteiger charge is 2.15. The fraction of sp³-hybridized carbons (Fsp3) is 0.857. The van der Waals surface area contributed by atoms with Crippen LogP contribution in [0.5, 0.6) is 5.88 Å². The largest absolute Gasteiger partial charge is 0.493 e. The van der Waals surface area contributed by atoms with Gasteiger partial charge in [0.2, 0.25) is 5.88 Å². The fourth-order valence-electron chi connectivity index (χ4n) is 3.20. The Bertz CT molecular complexity index is 537. The monoisotopic (exact) mass is 382 g/mol. The molecule has 1 N–H and O–H groups in total. The van der Waals surface area contributed by atoms with Crippen molar-refractivity contribution in [3.05, 3.63) is 16.7 Å². The SMILES string of the molecule is CCCCN(CCCC)Cn1cc(O)n(CN(CCCC)CCCC)c1=O. The molecule has 1 aromatic rings. The highest BCUT2D eigenvalue weighted by molar-refractivity contribution is 5.05. The summed E-state index contributed by atoms with van der Waals surface area (Å²) in [5, 5.41) is 10.4. The summed E-state index contributed by atoms with van der Waals surface area (Å²) in [5.74, 6) is 0.0731. The topological polar surface area (TPSA) is 53.6 Å². The summed E-state index contributed by atoms with van der Waals surface area (Å²) in [4.78, 5) is 17.5. The molecule has 27 heavy (non-hydrogen) atoms. The molecule has 0 spiro atoms. The Morgan fingerprint density at radius 1 is 0.778 bits per heavy atom. The van der Waals surface area contributed by atoms with Crippen molar-refractivity contribution >= 4 is 0 Å². The molecule has 0 saturated carbocycles. The minimum Gasteiger partial charge on any atom is -0.493 e. The highest BCUT2D eigenvalue weighted by Crippen LogP contribution is 2.10. The summed E-state index contributed by atoms with van der Waals surface area (Å²) < 4.78 is 3.18. The predicted molar refractivity (Wildman–Crippen MR) is 113 cm³/mol. The Morgan fingerprint density at radius 3 is 1.59 bits per heavy atom. The van der Waals surface area contributed by atoms with Crippen molar-refractivity contribution in [3.8, 4) is 5.88 Å². The van der Waals surface area contributed by atoms with E-state index in [1.807, 2.05) is 0 Å². The van der Waals surface area contributed by atoms with Crippen molar-refractivity contribution in [1.29, 1.82) is 0 Å². The molecule has 6 nitrogen and oxygen atoms in total. The molecule has 1 heterocycles. The second kappa shape index (κ2) is 13.8. The summed E-state index contributed by atoms with van der Waals surface area (Å²) >= 11 is 0. The Balaban J connectivity index is 2.85. The van der Waals surface area contributed by atoms with Crippen LogP contribution in [0, 0.1) is 0 Å². The van der Waals surface area contributed by atoms with Crippen LogP contribution in [0.1, 0.15) is 79.1 Å². The van der Waals surface area contributed by atoms with Crippen LogP contribution in [0.4, 0.5) is 0 Å². The van der Waals surface area contributed by atoms with E-state index < -0.39 is 0 Å². The molecule has 6 heteroatoms. The van der Waals surface area contributed by atoms with Gasteiger partial charge in [-0.25, -0.2) is 9.36 Å². The maximum atomic E-state index is 12.9. The number of aromatic nitrogens is 2. The Kier molecular flexibility index (Phi) is 12.2. The minimum absolute atomic E-state index is 0.0731. The van der Waals surface area contributed by atoms with Gasteiger partial charge in [-0.2, -0.15) is 0 Å². The van der Waals surface area contributed by atoms with Gasteiger partial charge in [-0.05, 0) is 51.9 Å². The van der Waals surface area contributed by atoms with E-state index in [9.17, 15) is 9.90 Å². The van der Waals surface area contributed by atoms with Gasteiger partial charge in [0.15, 0.2) is 0 Å². The van der Waals surface area contributed by atoms with E-state index in [-0.39, 0.29) is 11.6 Å². The average Bonchev–Trinajstić information content (AvgIpc) is 2.92. The van der Waals surface area contributed by atoms with Crippen molar-refractivity contribution in [2.45, 2.75) is 92.4 Å². The van der Waals surface area contributed by atoms with Gasteiger partial charge in [0.25, 0.3) is 0 Å². The molecule has 0 atom stereocenters. The van der Waals surface area contributed by atoms with Crippen LogP contribution in [-0.2, 0) is 13.3 Å². The quantitative estimate of drug-likeness (QED) is 0.468. The standard InChI is InChI=1S/C21H42N4O2/c1-5-9-13-22(14-10-6-2)18-24-17-20(26)25(21(24)27)19-23(15-11-7-3)16-12-8-4/h17,26H,5-16,18-19H2,1-4H3. The number of rotatable bonds is 16. The first-order valence-corrected chi connectivity index (χ1v) is 11.0. The fourth-order valence-corrected chi connectivity index (χ4v) is 3.20. The van der Waals surface area contributed by atoms with Crippen LogP contribution < -0.4 is 5.69 Å². The lowest BCUT2D eigenvalue weighted by Gasteiger charge is -2.23. The van der Waals surface area contributed by atoms with Gasteiger partial charge >= 0.3 is 5.69 Å². The minimum atomic E-state index is -0.108. The molecule has 1 aromatic heterocycles. The molecule has 0 aliphatic heterocycles. The summed E-state index contributed by atoms with van der Waals surface area (Å²) in [6.07, 6.45) is 10.7. The first-order valence-electron chi connectivity index (χ1n) is 11.0. The van der Waals surface area contributed by atoms with E-state index in [0.29, 0.717) is 13.3 Å². The van der Waals surface area contributed by atoms with E-state index in [2.05, 4.69) is 37.5 Å². The highest BCUT2D eigenvalue weighted by atomic mass is 16.3. The third-order valence-corrected chi connectivity index (χ3v) is 5.03. The van der Waals surface area contributed by atoms with Gasteiger partial charge in [-0.3, -0.25) is 14.4 Å². The maximum Gasteiger partial charge on any atom is 0.333 e. The third kappa shape index (κ3) is 8.52. The van der Waals surface area contributed by atoms with Crippen molar-refractivity contribution in [2.24, 2.45) is 0 Å². The normalized spacial score (nSPS) is 11.8. The average molecular weight is 383 g/mol. The molecule has 0 bridgehead atoms. The first-order chi connectivity index (χ1) is 13.1. The van der Waals surface area contributed by atoms with Gasteiger partial charge in [-0.1, -0.05) is 53.4 Å². The predicted octanol–water partition coefficient (Wildman–Crippen LogP) is 4.07. The molecule has 0 radical (unpaired) electrons. The molecule has 0 aliphatic carbocycles. The zero-order valence-corrected chi connectivity index (χ0v) is 18.1. The summed E-state index contributed by atoms with van der Waals surface area (Å²) in [6.45, 7) is 13.7. The third-order valence-electron chi connectivity index (χ3n) is 5.03. The molecule has 0 fully saturated rings. The molecular formula is C21H42N4O2. The van der Waals surface area contributed by atoms with Gasteiger partial charge < -0.3 is 5.11 Å². The van der Waals surface area contributed by atoms with E-state index in [0.717, 1.165) is 77.5 Å². The van der Waals surface area contributed by atoms with Gasteiger partial charge in [0.05, 0.1) is 19.5 Å². The Morgan fingerprint density at radius 2 is 1.19 bits per heavy atom. The molecule has 0 aliphatic rings. The van der Waals surface area contributed by atoms with Gasteiger partial charge in [0, 0.05) is 0 Å². The van der Waals surface area contributed by atoms with Crippen molar-refractivity contribution in [2.75, 3.05) is 26.2 Å². The van der Waals surface area contributed by atoms with Crippen LogP contribution in [0.15, 0.2) is 11.0 Å². The number of unbranched alkanes of at least 4 members (excludes halogenated alkanes) is 4. The molecule has 1 rings (SSSR count). The van der Waals surface area contributed by atoms with Crippen molar-refractivity contribution in [1.82, 2.24) is 18.9 Å². The molecule has 0 unspecified atom stereocenters. The Labute approximate surface area is 165 Å². The molecule has 0 aromatic carbocycles. The van der Waals surface area contributed by atoms with Crippen molar-refractivity contribution in [3.63, 3.8) is 0 Å². The van der Waals surface area contributed by atoms with Crippen molar-refractivity contribution < 1.29 is 5.11 Å². The van der Waals surface area contributed by atoms with Gasteiger partial charge in [0.1, 0.15) is 0 Å². The van der Waals surface area contributed by atoms with E-state index in [4.69, 9.17) is 0 Å². The van der Waals surface area contributed by atoms with Crippen LogP contribution >= 0.6 is 0 Å². The molecule has 0 amide bonds. The van der Waals surface area contributed by atoms with E-state index in [1.165, 1.54) is 4.57 Å². The van der Waals surface area contributed by atoms with Crippen LogP contribution in [0.3, 0.4) is 0 Å². The second-order valence-corrected chi connectivity index (χ2v) is 7.60. The smallest absolute Gasteiger partial charge is 0.333 e. The first kappa shape index (κ1) is 23.8. The number of nitrogens with zero attached hydrogens (tertiary/aromatic N) is 4. The Hall–Kier alpha value is -1.27. The lowest BCUT2D eigenvalue weighted by atomic mass is 10.3. The zero-order chi connectivity index (χ0) is 20.1. The lowest BCUT2D eigenvalue weighted by molar-refractivity contribution is 0.191. The molecular weight excluding hydrogens is 340 g/mol. The number of imidazole rings is 1. The van der Waals surface area contributed by atoms with E-state index >= 15 is 0 Å². The molecule has 158 valence electrons. The summed E-state index contributed by atoms with van der Waals surface area (Å²) in [6, 6.07) is 0.